The second kappa shape index (κ2) is 4.18. The molecule has 2 rings (SSSR count). The third kappa shape index (κ3) is 2.28. The van der Waals surface area contributed by atoms with E-state index in [2.05, 4.69) is 5.32 Å². The Hall–Kier alpha value is -1.10. The zero-order valence-electron chi connectivity index (χ0n) is 8.74. The molecule has 1 aliphatic heterocycles. The Morgan fingerprint density at radius 2 is 2.07 bits per heavy atom. The van der Waals surface area contributed by atoms with Gasteiger partial charge in [0.15, 0.2) is 0 Å². The first kappa shape index (κ1) is 10.4. The molecule has 5 heteroatoms. The highest BCUT2D eigenvalue weighted by molar-refractivity contribution is 5.89. The van der Waals surface area contributed by atoms with E-state index in [0.29, 0.717) is 12.6 Å². The van der Waals surface area contributed by atoms with E-state index < -0.39 is 0 Å². The van der Waals surface area contributed by atoms with Crippen LogP contribution in [0.5, 0.6) is 0 Å². The van der Waals surface area contributed by atoms with E-state index in [0.717, 1.165) is 25.7 Å². The van der Waals surface area contributed by atoms with Crippen molar-refractivity contribution in [3.63, 3.8) is 0 Å². The molecular weight excluding hydrogens is 194 g/mol. The number of hydrogen-bond donors (Lipinski definition) is 2. The van der Waals surface area contributed by atoms with Crippen LogP contribution in [0.1, 0.15) is 25.7 Å². The minimum Gasteiger partial charge on any atom is -0.352 e. The van der Waals surface area contributed by atoms with Crippen molar-refractivity contribution in [3.8, 4) is 0 Å². The van der Waals surface area contributed by atoms with Crippen LogP contribution in [-0.4, -0.2) is 41.9 Å². The van der Waals surface area contributed by atoms with Crippen molar-refractivity contribution >= 4 is 11.8 Å². The highest BCUT2D eigenvalue weighted by atomic mass is 16.2. The van der Waals surface area contributed by atoms with Gasteiger partial charge in [-0.05, 0) is 25.7 Å². The molecule has 0 radical (unpaired) electrons. The summed E-state index contributed by atoms with van der Waals surface area (Å²) in [6, 6.07) is 0.0783. The normalized spacial score (nSPS) is 25.4. The predicted molar refractivity (Wildman–Crippen MR) is 55.0 cm³/mol. The standard InChI is InChI=1S/C10H17N3O2/c11-6-9(14)13-5-1-2-8(13)10(15)12-7-3-4-7/h7-8H,1-6,11H2,(H,12,15)/t8-/m0/s1. The molecule has 3 N–H and O–H groups in total. The molecule has 2 aliphatic rings. The van der Waals surface area contributed by atoms with Crippen molar-refractivity contribution in [3.05, 3.63) is 0 Å². The Morgan fingerprint density at radius 3 is 2.67 bits per heavy atom. The SMILES string of the molecule is NCC(=O)N1CCC[C@H]1C(=O)NC1CC1. The molecule has 1 heterocycles. The molecule has 0 spiro atoms. The second-order valence-corrected chi connectivity index (χ2v) is 4.23. The van der Waals surface area contributed by atoms with Gasteiger partial charge in [0.2, 0.25) is 11.8 Å². The molecule has 0 aromatic heterocycles. The van der Waals surface area contributed by atoms with Crippen LogP contribution in [-0.2, 0) is 9.59 Å². The van der Waals surface area contributed by atoms with E-state index in [1.807, 2.05) is 0 Å². The van der Waals surface area contributed by atoms with Crippen LogP contribution in [0.3, 0.4) is 0 Å². The predicted octanol–water partition coefficient (Wildman–Crippen LogP) is -0.785. The van der Waals surface area contributed by atoms with E-state index in [9.17, 15) is 9.59 Å². The van der Waals surface area contributed by atoms with Crippen molar-refractivity contribution in [1.29, 1.82) is 0 Å². The van der Waals surface area contributed by atoms with E-state index >= 15 is 0 Å². The van der Waals surface area contributed by atoms with Crippen LogP contribution >= 0.6 is 0 Å². The summed E-state index contributed by atoms with van der Waals surface area (Å²) in [5.41, 5.74) is 5.30. The van der Waals surface area contributed by atoms with Gasteiger partial charge in [-0.2, -0.15) is 0 Å². The van der Waals surface area contributed by atoms with E-state index in [-0.39, 0.29) is 24.4 Å². The first-order valence-corrected chi connectivity index (χ1v) is 5.52. The van der Waals surface area contributed by atoms with Gasteiger partial charge >= 0.3 is 0 Å². The lowest BCUT2D eigenvalue weighted by atomic mass is 10.2. The highest BCUT2D eigenvalue weighted by Crippen LogP contribution is 2.22. The molecule has 5 nitrogen and oxygen atoms in total. The van der Waals surface area contributed by atoms with Crippen LogP contribution < -0.4 is 11.1 Å². The minimum atomic E-state index is -0.276. The molecule has 1 saturated heterocycles. The van der Waals surface area contributed by atoms with Crippen molar-refractivity contribution in [2.75, 3.05) is 13.1 Å². The van der Waals surface area contributed by atoms with Gasteiger partial charge in [-0.3, -0.25) is 9.59 Å². The maximum absolute atomic E-state index is 11.8. The van der Waals surface area contributed by atoms with Gasteiger partial charge in [0.1, 0.15) is 6.04 Å². The first-order valence-electron chi connectivity index (χ1n) is 5.52. The Morgan fingerprint density at radius 1 is 1.33 bits per heavy atom. The first-order chi connectivity index (χ1) is 7.22. The van der Waals surface area contributed by atoms with Crippen LogP contribution in [0.2, 0.25) is 0 Å². The summed E-state index contributed by atoms with van der Waals surface area (Å²) in [6.07, 6.45) is 3.81. The lowest BCUT2D eigenvalue weighted by Gasteiger charge is -2.23. The Balaban J connectivity index is 1.93. The third-order valence-corrected chi connectivity index (χ3v) is 2.97. The van der Waals surface area contributed by atoms with E-state index in [1.165, 1.54) is 0 Å². The number of hydrogen-bond acceptors (Lipinski definition) is 3. The molecule has 0 bridgehead atoms. The summed E-state index contributed by atoms with van der Waals surface area (Å²) in [5.74, 6) is -0.125. The smallest absolute Gasteiger partial charge is 0.243 e. The molecule has 0 aromatic rings. The quantitative estimate of drug-likeness (QED) is 0.642. The average molecular weight is 211 g/mol. The molecule has 0 aromatic carbocycles. The molecule has 1 atom stereocenters. The molecule has 84 valence electrons. The number of nitrogens with two attached hydrogens (primary N) is 1. The van der Waals surface area contributed by atoms with Gasteiger partial charge < -0.3 is 16.0 Å². The van der Waals surface area contributed by atoms with Gasteiger partial charge in [-0.25, -0.2) is 0 Å². The largest absolute Gasteiger partial charge is 0.352 e. The number of nitrogens with one attached hydrogen (secondary N) is 1. The fourth-order valence-electron chi connectivity index (χ4n) is 1.98. The van der Waals surface area contributed by atoms with Gasteiger partial charge in [0, 0.05) is 12.6 Å². The average Bonchev–Trinajstić information content (AvgIpc) is 2.90. The molecule has 2 amide bonds. The number of nitrogens with zero attached hydrogens (tertiary/aromatic N) is 1. The Kier molecular flexibility index (Phi) is 2.90. The summed E-state index contributed by atoms with van der Waals surface area (Å²) in [6.45, 7) is 0.659. The van der Waals surface area contributed by atoms with Crippen LogP contribution in [0.15, 0.2) is 0 Å². The summed E-state index contributed by atoms with van der Waals surface area (Å²) in [4.78, 5) is 24.8. The Bertz CT molecular complexity index is 276. The number of rotatable bonds is 3. The highest BCUT2D eigenvalue weighted by Gasteiger charge is 2.35. The molecule has 0 unspecified atom stereocenters. The fraction of sp³-hybridized carbons (Fsp3) is 0.800. The number of carbonyl (C=O) groups is 2. The topological polar surface area (TPSA) is 75.4 Å². The summed E-state index contributed by atoms with van der Waals surface area (Å²) >= 11 is 0. The molecule has 1 saturated carbocycles. The zero-order valence-corrected chi connectivity index (χ0v) is 8.74. The molecule has 15 heavy (non-hydrogen) atoms. The van der Waals surface area contributed by atoms with E-state index in [4.69, 9.17) is 5.73 Å². The monoisotopic (exact) mass is 211 g/mol. The number of amides is 2. The van der Waals surface area contributed by atoms with Gasteiger partial charge in [-0.15, -0.1) is 0 Å². The van der Waals surface area contributed by atoms with Crippen molar-refractivity contribution < 1.29 is 9.59 Å². The number of likely N-dealkylation sites (tertiary alicyclic amines) is 1. The number of carbonyl (C=O) groups excluding carboxylic acids is 2. The lowest BCUT2D eigenvalue weighted by molar-refractivity contribution is -0.137. The lowest BCUT2D eigenvalue weighted by Crippen LogP contribution is -2.48. The zero-order chi connectivity index (χ0) is 10.8. The fourth-order valence-corrected chi connectivity index (χ4v) is 1.98. The summed E-state index contributed by atoms with van der Waals surface area (Å²) in [5, 5.41) is 2.93. The van der Waals surface area contributed by atoms with Gasteiger partial charge in [-0.1, -0.05) is 0 Å². The van der Waals surface area contributed by atoms with Crippen molar-refractivity contribution in [2.24, 2.45) is 5.73 Å². The van der Waals surface area contributed by atoms with Crippen LogP contribution in [0.4, 0.5) is 0 Å². The van der Waals surface area contributed by atoms with Crippen molar-refractivity contribution in [2.45, 2.75) is 37.8 Å². The minimum absolute atomic E-state index is 0.00296. The summed E-state index contributed by atoms with van der Waals surface area (Å²) < 4.78 is 0. The maximum atomic E-state index is 11.8. The van der Waals surface area contributed by atoms with Crippen LogP contribution in [0.25, 0.3) is 0 Å². The maximum Gasteiger partial charge on any atom is 0.243 e. The van der Waals surface area contributed by atoms with Gasteiger partial charge in [0.05, 0.1) is 6.54 Å². The van der Waals surface area contributed by atoms with E-state index in [1.54, 1.807) is 4.90 Å². The molecule has 2 fully saturated rings. The molecular formula is C10H17N3O2. The van der Waals surface area contributed by atoms with Crippen molar-refractivity contribution in [1.82, 2.24) is 10.2 Å². The Labute approximate surface area is 89.0 Å². The summed E-state index contributed by atoms with van der Waals surface area (Å²) in [7, 11) is 0. The van der Waals surface area contributed by atoms with Gasteiger partial charge in [0.25, 0.3) is 0 Å². The molecule has 1 aliphatic carbocycles. The third-order valence-electron chi connectivity index (χ3n) is 2.97. The van der Waals surface area contributed by atoms with Crippen LogP contribution in [0, 0.1) is 0 Å². The second-order valence-electron chi connectivity index (χ2n) is 4.23.